The fourth-order valence-corrected chi connectivity index (χ4v) is 3.55. The summed E-state index contributed by atoms with van der Waals surface area (Å²) in [4.78, 5) is 29.2. The Morgan fingerprint density at radius 2 is 1.97 bits per heavy atom. The molecule has 1 saturated heterocycles. The van der Waals surface area contributed by atoms with Gasteiger partial charge in [-0.2, -0.15) is 0 Å². The zero-order valence-electron chi connectivity index (χ0n) is 17.5. The largest absolute Gasteiger partial charge is 0.507 e. The highest BCUT2D eigenvalue weighted by Gasteiger charge is 2.47. The number of methoxy groups -OCH3 is 2. The summed E-state index contributed by atoms with van der Waals surface area (Å²) < 4.78 is 16.1. The van der Waals surface area contributed by atoms with E-state index in [1.807, 2.05) is 19.0 Å². The van der Waals surface area contributed by atoms with E-state index in [2.05, 4.69) is 0 Å². The van der Waals surface area contributed by atoms with Crippen LogP contribution in [0.5, 0.6) is 11.5 Å². The molecule has 1 aromatic heterocycles. The molecule has 1 amide bonds. The van der Waals surface area contributed by atoms with Crippen molar-refractivity contribution in [1.29, 1.82) is 0 Å². The number of carbonyl (C=O) groups is 2. The molecule has 1 aliphatic rings. The molecule has 8 heteroatoms. The summed E-state index contributed by atoms with van der Waals surface area (Å²) >= 11 is 0. The quantitative estimate of drug-likeness (QED) is 0.403. The summed E-state index contributed by atoms with van der Waals surface area (Å²) in [5.41, 5.74) is 0.268. The molecular weight excluding hydrogens is 388 g/mol. The van der Waals surface area contributed by atoms with Crippen molar-refractivity contribution < 1.29 is 28.6 Å². The molecule has 1 aromatic carbocycles. The highest BCUT2D eigenvalue weighted by Crippen LogP contribution is 2.41. The predicted octanol–water partition coefficient (Wildman–Crippen LogP) is 2.67. The molecule has 3 rings (SSSR count). The van der Waals surface area contributed by atoms with Crippen molar-refractivity contribution in [3.05, 3.63) is 53.5 Å². The van der Waals surface area contributed by atoms with Gasteiger partial charge in [-0.05, 0) is 51.3 Å². The first-order valence-corrected chi connectivity index (χ1v) is 9.58. The number of hydrogen-bond acceptors (Lipinski definition) is 7. The number of benzene rings is 1. The summed E-state index contributed by atoms with van der Waals surface area (Å²) in [5, 5.41) is 11.1. The third-order valence-corrected chi connectivity index (χ3v) is 5.02. The van der Waals surface area contributed by atoms with Crippen LogP contribution in [0.15, 0.2) is 46.6 Å². The van der Waals surface area contributed by atoms with Crippen LogP contribution in [0, 0.1) is 0 Å². The maximum Gasteiger partial charge on any atom is 0.295 e. The standard InChI is InChI=1S/C22H26N2O6/c1-23(2)10-6-11-24-19(16-7-5-12-30-16)18(21(26)22(24)27)20(25)15-9-8-14(28-3)13-17(15)29-4/h5,7-9,12-13,19,25H,6,10-11H2,1-4H3/b20-18+. The van der Waals surface area contributed by atoms with E-state index in [9.17, 15) is 14.7 Å². The molecule has 1 fully saturated rings. The summed E-state index contributed by atoms with van der Waals surface area (Å²) in [6.45, 7) is 1.10. The fraction of sp³-hybridized carbons (Fsp3) is 0.364. The number of aliphatic hydroxyl groups excluding tert-OH is 1. The predicted molar refractivity (Wildman–Crippen MR) is 110 cm³/mol. The van der Waals surface area contributed by atoms with Crippen LogP contribution < -0.4 is 9.47 Å². The van der Waals surface area contributed by atoms with Crippen molar-refractivity contribution in [3.8, 4) is 11.5 Å². The molecule has 8 nitrogen and oxygen atoms in total. The first kappa shape index (κ1) is 21.4. The Kier molecular flexibility index (Phi) is 6.47. The van der Waals surface area contributed by atoms with Gasteiger partial charge >= 0.3 is 0 Å². The molecule has 30 heavy (non-hydrogen) atoms. The van der Waals surface area contributed by atoms with Gasteiger partial charge in [-0.3, -0.25) is 9.59 Å². The number of amides is 1. The van der Waals surface area contributed by atoms with E-state index in [1.165, 1.54) is 25.4 Å². The van der Waals surface area contributed by atoms with E-state index in [0.29, 0.717) is 35.8 Å². The number of Topliss-reactive ketones (excluding diaryl/α,β-unsaturated/α-hetero) is 1. The zero-order valence-corrected chi connectivity index (χ0v) is 17.5. The second-order valence-corrected chi connectivity index (χ2v) is 7.23. The Morgan fingerprint density at radius 1 is 1.20 bits per heavy atom. The number of nitrogens with zero attached hydrogens (tertiary/aromatic N) is 2. The van der Waals surface area contributed by atoms with E-state index in [-0.39, 0.29) is 11.3 Å². The number of ether oxygens (including phenoxy) is 2. The summed E-state index contributed by atoms with van der Waals surface area (Å²) in [5.74, 6) is -0.461. The Balaban J connectivity index is 2.09. The van der Waals surface area contributed by atoms with Crippen LogP contribution >= 0.6 is 0 Å². The second kappa shape index (κ2) is 9.04. The second-order valence-electron chi connectivity index (χ2n) is 7.23. The summed E-state index contributed by atoms with van der Waals surface area (Å²) in [6.07, 6.45) is 2.15. The van der Waals surface area contributed by atoms with Crippen LogP contribution in [-0.4, -0.2) is 68.0 Å². The molecule has 2 aromatic rings. The molecule has 1 atom stereocenters. The third-order valence-electron chi connectivity index (χ3n) is 5.02. The van der Waals surface area contributed by atoms with Gasteiger partial charge < -0.3 is 28.8 Å². The maximum atomic E-state index is 12.9. The van der Waals surface area contributed by atoms with Crippen molar-refractivity contribution >= 4 is 17.4 Å². The average Bonchev–Trinajstić information content (AvgIpc) is 3.35. The number of carbonyl (C=O) groups excluding carboxylic acids is 2. The maximum absolute atomic E-state index is 12.9. The number of likely N-dealkylation sites (tertiary alicyclic amines) is 1. The minimum atomic E-state index is -0.811. The molecule has 0 aliphatic carbocycles. The van der Waals surface area contributed by atoms with E-state index < -0.39 is 17.7 Å². The van der Waals surface area contributed by atoms with Crippen molar-refractivity contribution in [2.45, 2.75) is 12.5 Å². The van der Waals surface area contributed by atoms with Crippen LogP contribution in [0.1, 0.15) is 23.8 Å². The first-order valence-electron chi connectivity index (χ1n) is 9.58. The van der Waals surface area contributed by atoms with Crippen molar-refractivity contribution in [2.24, 2.45) is 0 Å². The molecular formula is C22H26N2O6. The zero-order chi connectivity index (χ0) is 21.8. The molecule has 1 aliphatic heterocycles. The number of aliphatic hydroxyl groups is 1. The van der Waals surface area contributed by atoms with Crippen molar-refractivity contribution in [2.75, 3.05) is 41.4 Å². The molecule has 1 unspecified atom stereocenters. The highest BCUT2D eigenvalue weighted by molar-refractivity contribution is 6.46. The Morgan fingerprint density at radius 3 is 2.57 bits per heavy atom. The van der Waals surface area contributed by atoms with E-state index in [0.717, 1.165) is 6.54 Å². The van der Waals surface area contributed by atoms with Crippen LogP contribution in [0.25, 0.3) is 5.76 Å². The van der Waals surface area contributed by atoms with Crippen LogP contribution in [0.2, 0.25) is 0 Å². The smallest absolute Gasteiger partial charge is 0.295 e. The van der Waals surface area contributed by atoms with E-state index >= 15 is 0 Å². The Labute approximate surface area is 175 Å². The van der Waals surface area contributed by atoms with Gasteiger partial charge in [-0.1, -0.05) is 0 Å². The van der Waals surface area contributed by atoms with Crippen molar-refractivity contribution in [1.82, 2.24) is 9.80 Å². The van der Waals surface area contributed by atoms with Crippen molar-refractivity contribution in [3.63, 3.8) is 0 Å². The van der Waals surface area contributed by atoms with E-state index in [1.54, 1.807) is 30.3 Å². The molecule has 0 spiro atoms. The van der Waals surface area contributed by atoms with Crippen LogP contribution in [0.3, 0.4) is 0 Å². The van der Waals surface area contributed by atoms with Gasteiger partial charge in [0.05, 0.1) is 31.6 Å². The van der Waals surface area contributed by atoms with Gasteiger partial charge in [0.1, 0.15) is 29.1 Å². The lowest BCUT2D eigenvalue weighted by molar-refractivity contribution is -0.140. The van der Waals surface area contributed by atoms with Crippen LogP contribution in [0.4, 0.5) is 0 Å². The first-order chi connectivity index (χ1) is 14.4. The highest BCUT2D eigenvalue weighted by atomic mass is 16.5. The Hall–Kier alpha value is -3.26. The molecule has 160 valence electrons. The lowest BCUT2D eigenvalue weighted by Crippen LogP contribution is -2.32. The number of furan rings is 1. The third kappa shape index (κ3) is 4.04. The number of ketones is 1. The lowest BCUT2D eigenvalue weighted by Gasteiger charge is -2.24. The van der Waals surface area contributed by atoms with Gasteiger partial charge in [0.25, 0.3) is 11.7 Å². The fourth-order valence-electron chi connectivity index (χ4n) is 3.55. The van der Waals surface area contributed by atoms with Gasteiger partial charge in [-0.15, -0.1) is 0 Å². The monoisotopic (exact) mass is 414 g/mol. The summed E-state index contributed by atoms with van der Waals surface area (Å²) in [6, 6.07) is 7.40. The molecule has 0 radical (unpaired) electrons. The summed E-state index contributed by atoms with van der Waals surface area (Å²) in [7, 11) is 6.85. The van der Waals surface area contributed by atoms with Gasteiger partial charge in [0.2, 0.25) is 0 Å². The van der Waals surface area contributed by atoms with Gasteiger partial charge in [-0.25, -0.2) is 0 Å². The molecule has 1 N–H and O–H groups in total. The molecule has 0 bridgehead atoms. The minimum Gasteiger partial charge on any atom is -0.507 e. The molecule has 2 heterocycles. The van der Waals surface area contributed by atoms with Gasteiger partial charge in [0.15, 0.2) is 0 Å². The molecule has 0 saturated carbocycles. The lowest BCUT2D eigenvalue weighted by atomic mass is 9.98. The number of hydrogen-bond donors (Lipinski definition) is 1. The van der Waals surface area contributed by atoms with Gasteiger partial charge in [0, 0.05) is 12.6 Å². The minimum absolute atomic E-state index is 0.0248. The van der Waals surface area contributed by atoms with E-state index in [4.69, 9.17) is 13.9 Å². The number of rotatable bonds is 8. The van der Waals surface area contributed by atoms with Crippen LogP contribution in [-0.2, 0) is 9.59 Å². The SMILES string of the molecule is COc1ccc(/C(O)=C2\C(=O)C(=O)N(CCCN(C)C)C2c2ccco2)c(OC)c1. The topological polar surface area (TPSA) is 92.5 Å². The average molecular weight is 414 g/mol. The Bertz CT molecular complexity index is 949. The normalized spacial score (nSPS) is 18.3.